The van der Waals surface area contributed by atoms with E-state index >= 15 is 0 Å². The second-order valence-electron chi connectivity index (χ2n) is 9.76. The molecule has 0 radical (unpaired) electrons. The number of nitrogens with one attached hydrogen (secondary N) is 2. The molecular weight excluding hydrogens is 428 g/mol. The summed E-state index contributed by atoms with van der Waals surface area (Å²) in [6, 6.07) is 15.9. The SMILES string of the molecule is CC1CC(C)CN(C(=O)c2ccccc2NC(=O)NC2CCCN(C(=O)c3ccccc3)C2)C1. The predicted octanol–water partition coefficient (Wildman–Crippen LogP) is 4.23. The van der Waals surface area contributed by atoms with Gasteiger partial charge in [-0.3, -0.25) is 9.59 Å². The summed E-state index contributed by atoms with van der Waals surface area (Å²) in [5.74, 6) is 0.855. The molecule has 34 heavy (non-hydrogen) atoms. The van der Waals surface area contributed by atoms with E-state index in [2.05, 4.69) is 24.5 Å². The van der Waals surface area contributed by atoms with Gasteiger partial charge in [0.05, 0.1) is 11.3 Å². The van der Waals surface area contributed by atoms with E-state index in [0.717, 1.165) is 32.4 Å². The number of hydrogen-bond acceptors (Lipinski definition) is 3. The number of hydrogen-bond donors (Lipinski definition) is 2. The van der Waals surface area contributed by atoms with Crippen molar-refractivity contribution in [3.8, 4) is 0 Å². The summed E-state index contributed by atoms with van der Waals surface area (Å²) in [5.41, 5.74) is 1.66. The number of carbonyl (C=O) groups is 3. The number of rotatable bonds is 4. The van der Waals surface area contributed by atoms with Crippen LogP contribution in [0.3, 0.4) is 0 Å². The Balaban J connectivity index is 1.38. The van der Waals surface area contributed by atoms with Crippen molar-refractivity contribution in [1.29, 1.82) is 0 Å². The van der Waals surface area contributed by atoms with E-state index in [1.165, 1.54) is 0 Å². The van der Waals surface area contributed by atoms with Gasteiger partial charge in [0.15, 0.2) is 0 Å². The minimum absolute atomic E-state index is 0.0200. The topological polar surface area (TPSA) is 81.8 Å². The van der Waals surface area contributed by atoms with Gasteiger partial charge in [-0.1, -0.05) is 44.2 Å². The fourth-order valence-corrected chi connectivity index (χ4v) is 5.16. The highest BCUT2D eigenvalue weighted by atomic mass is 16.2. The van der Waals surface area contributed by atoms with Crippen molar-refractivity contribution < 1.29 is 14.4 Å². The largest absolute Gasteiger partial charge is 0.338 e. The Labute approximate surface area is 201 Å². The standard InChI is InChI=1S/C27H34N4O3/c1-19-15-20(2)17-31(16-19)26(33)23-12-6-7-13-24(23)29-27(34)28-22-11-8-14-30(18-22)25(32)21-9-4-3-5-10-21/h3-7,9-10,12-13,19-20,22H,8,11,14-18H2,1-2H3,(H2,28,29,34). The normalized spacial score (nSPS) is 22.7. The van der Waals surface area contributed by atoms with E-state index in [4.69, 9.17) is 0 Å². The van der Waals surface area contributed by atoms with Crippen LogP contribution in [0.15, 0.2) is 54.6 Å². The summed E-state index contributed by atoms with van der Waals surface area (Å²) < 4.78 is 0. The highest BCUT2D eigenvalue weighted by molar-refractivity contribution is 6.03. The van der Waals surface area contributed by atoms with E-state index in [0.29, 0.717) is 41.7 Å². The summed E-state index contributed by atoms with van der Waals surface area (Å²) in [5, 5.41) is 5.87. The highest BCUT2D eigenvalue weighted by Gasteiger charge is 2.28. The molecule has 4 rings (SSSR count). The van der Waals surface area contributed by atoms with Crippen molar-refractivity contribution in [2.45, 2.75) is 39.2 Å². The van der Waals surface area contributed by atoms with Crippen LogP contribution in [0.5, 0.6) is 0 Å². The lowest BCUT2D eigenvalue weighted by molar-refractivity contribution is 0.0623. The van der Waals surface area contributed by atoms with Gasteiger partial charge in [-0.15, -0.1) is 0 Å². The van der Waals surface area contributed by atoms with Gasteiger partial charge in [0.1, 0.15) is 0 Å². The molecule has 7 heteroatoms. The van der Waals surface area contributed by atoms with E-state index in [1.807, 2.05) is 47.4 Å². The Hall–Kier alpha value is -3.35. The molecular formula is C27H34N4O3. The van der Waals surface area contributed by atoms with E-state index in [-0.39, 0.29) is 23.9 Å². The average Bonchev–Trinajstić information content (AvgIpc) is 2.83. The van der Waals surface area contributed by atoms with E-state index < -0.39 is 0 Å². The first kappa shape index (κ1) is 23.8. The van der Waals surface area contributed by atoms with Crippen molar-refractivity contribution in [3.63, 3.8) is 0 Å². The molecule has 4 amide bonds. The van der Waals surface area contributed by atoms with Gasteiger partial charge >= 0.3 is 6.03 Å². The Morgan fingerprint density at radius 3 is 2.24 bits per heavy atom. The van der Waals surface area contributed by atoms with Gasteiger partial charge in [-0.25, -0.2) is 4.79 Å². The minimum Gasteiger partial charge on any atom is -0.338 e. The van der Waals surface area contributed by atoms with Crippen molar-refractivity contribution >= 4 is 23.5 Å². The quantitative estimate of drug-likeness (QED) is 0.713. The summed E-state index contributed by atoms with van der Waals surface area (Å²) in [6.07, 6.45) is 2.75. The molecule has 0 aliphatic carbocycles. The molecule has 2 heterocycles. The zero-order valence-electron chi connectivity index (χ0n) is 20.0. The molecule has 0 spiro atoms. The lowest BCUT2D eigenvalue weighted by atomic mass is 9.91. The van der Waals surface area contributed by atoms with E-state index in [1.54, 1.807) is 17.0 Å². The molecule has 180 valence electrons. The third-order valence-electron chi connectivity index (χ3n) is 6.63. The van der Waals surface area contributed by atoms with Crippen LogP contribution < -0.4 is 10.6 Å². The van der Waals surface area contributed by atoms with Crippen molar-refractivity contribution in [2.75, 3.05) is 31.5 Å². The number of benzene rings is 2. The monoisotopic (exact) mass is 462 g/mol. The third-order valence-corrected chi connectivity index (χ3v) is 6.63. The maximum absolute atomic E-state index is 13.2. The lowest BCUT2D eigenvalue weighted by Crippen LogP contribution is -2.50. The number of urea groups is 1. The fraction of sp³-hybridized carbons (Fsp3) is 0.444. The summed E-state index contributed by atoms with van der Waals surface area (Å²) in [7, 11) is 0. The Kier molecular flexibility index (Phi) is 7.50. The minimum atomic E-state index is -0.361. The molecule has 2 aliphatic rings. The van der Waals surface area contributed by atoms with Crippen LogP contribution in [0.4, 0.5) is 10.5 Å². The van der Waals surface area contributed by atoms with Crippen LogP contribution >= 0.6 is 0 Å². The highest BCUT2D eigenvalue weighted by Crippen LogP contribution is 2.25. The van der Waals surface area contributed by atoms with Gasteiger partial charge in [0.25, 0.3) is 11.8 Å². The van der Waals surface area contributed by atoms with Crippen molar-refractivity contribution in [1.82, 2.24) is 15.1 Å². The molecule has 0 bridgehead atoms. The fourth-order valence-electron chi connectivity index (χ4n) is 5.16. The molecule has 2 aromatic rings. The smallest absolute Gasteiger partial charge is 0.319 e. The lowest BCUT2D eigenvalue weighted by Gasteiger charge is -2.35. The van der Waals surface area contributed by atoms with Gasteiger partial charge in [-0.05, 0) is 55.4 Å². The van der Waals surface area contributed by atoms with Crippen molar-refractivity contribution in [3.05, 3.63) is 65.7 Å². The second kappa shape index (κ2) is 10.7. The zero-order valence-corrected chi connectivity index (χ0v) is 20.0. The Bertz CT molecular complexity index is 1020. The number of para-hydroxylation sites is 1. The molecule has 0 saturated carbocycles. The third kappa shape index (κ3) is 5.76. The number of likely N-dealkylation sites (tertiary alicyclic amines) is 2. The van der Waals surface area contributed by atoms with Crippen LogP contribution in [0, 0.1) is 11.8 Å². The number of carbonyl (C=O) groups excluding carboxylic acids is 3. The van der Waals surface area contributed by atoms with Crippen LogP contribution in [0.1, 0.15) is 53.8 Å². The molecule has 2 N–H and O–H groups in total. The molecule has 2 saturated heterocycles. The molecule has 2 aliphatic heterocycles. The maximum atomic E-state index is 13.2. The summed E-state index contributed by atoms with van der Waals surface area (Å²) >= 11 is 0. The van der Waals surface area contributed by atoms with E-state index in [9.17, 15) is 14.4 Å². The maximum Gasteiger partial charge on any atom is 0.319 e. The van der Waals surface area contributed by atoms with Crippen LogP contribution in [-0.2, 0) is 0 Å². The Morgan fingerprint density at radius 2 is 1.50 bits per heavy atom. The number of nitrogens with zero attached hydrogens (tertiary/aromatic N) is 2. The van der Waals surface area contributed by atoms with Gasteiger partial charge < -0.3 is 20.4 Å². The number of anilines is 1. The molecule has 2 aromatic carbocycles. The van der Waals surface area contributed by atoms with Crippen LogP contribution in [0.2, 0.25) is 0 Å². The second-order valence-corrected chi connectivity index (χ2v) is 9.76. The van der Waals surface area contributed by atoms with Gasteiger partial charge in [0.2, 0.25) is 0 Å². The molecule has 0 aromatic heterocycles. The first-order chi connectivity index (χ1) is 16.4. The van der Waals surface area contributed by atoms with Crippen molar-refractivity contribution in [2.24, 2.45) is 11.8 Å². The first-order valence-electron chi connectivity index (χ1n) is 12.2. The van der Waals surface area contributed by atoms with Gasteiger partial charge in [0, 0.05) is 37.8 Å². The molecule has 3 atom stereocenters. The molecule has 2 fully saturated rings. The average molecular weight is 463 g/mol. The predicted molar refractivity (Wildman–Crippen MR) is 133 cm³/mol. The zero-order chi connectivity index (χ0) is 24.1. The number of amides is 4. The van der Waals surface area contributed by atoms with Crippen LogP contribution in [-0.4, -0.2) is 59.9 Å². The van der Waals surface area contributed by atoms with Gasteiger partial charge in [-0.2, -0.15) is 0 Å². The molecule has 7 nitrogen and oxygen atoms in total. The van der Waals surface area contributed by atoms with Crippen LogP contribution in [0.25, 0.3) is 0 Å². The first-order valence-corrected chi connectivity index (χ1v) is 12.2. The Morgan fingerprint density at radius 1 is 0.824 bits per heavy atom. The molecule has 3 unspecified atom stereocenters. The summed E-state index contributed by atoms with van der Waals surface area (Å²) in [4.78, 5) is 42.6. The number of piperidine rings is 2. The summed E-state index contributed by atoms with van der Waals surface area (Å²) in [6.45, 7) is 6.95.